The van der Waals surface area contributed by atoms with Crippen LogP contribution in [0.5, 0.6) is 11.5 Å². The van der Waals surface area contributed by atoms with Gasteiger partial charge in [0.2, 0.25) is 5.78 Å². The number of phenols is 1. The van der Waals surface area contributed by atoms with Crippen LogP contribution in [-0.4, -0.2) is 50.5 Å². The summed E-state index contributed by atoms with van der Waals surface area (Å²) in [6.45, 7) is 8.20. The Morgan fingerprint density at radius 3 is 2.24 bits per heavy atom. The Labute approximate surface area is 245 Å². The van der Waals surface area contributed by atoms with Crippen LogP contribution in [0.4, 0.5) is 0 Å². The quantitative estimate of drug-likeness (QED) is 0.348. The lowest BCUT2D eigenvalue weighted by molar-refractivity contribution is -0.171. The van der Waals surface area contributed by atoms with Crippen molar-refractivity contribution in [2.24, 2.45) is 22.7 Å². The van der Waals surface area contributed by atoms with Crippen LogP contribution in [0.1, 0.15) is 68.1 Å². The Kier molecular flexibility index (Phi) is 6.93. The first-order valence-corrected chi connectivity index (χ1v) is 14.3. The molecular weight excluding hydrogens is 536 g/mol. The first-order chi connectivity index (χ1) is 19.6. The van der Waals surface area contributed by atoms with E-state index in [1.807, 2.05) is 45.0 Å². The van der Waals surface area contributed by atoms with Crippen LogP contribution in [0.15, 0.2) is 59.1 Å². The topological polar surface area (TPSA) is 141 Å². The SMILES string of the molecule is COc1ccc(CCc2ccc(O)c3c2C[C@]2(C)C[C@]4(C)C(C(C)C)C(O)=C(C(C)=O)C(=O)[C@]4(O)C(O)=C2C3=O)cc1. The number of carbonyl (C=O) groups excluding carboxylic acids is 3. The van der Waals surface area contributed by atoms with Crippen LogP contribution in [0.25, 0.3) is 0 Å². The normalized spacial score (nSPS) is 28.9. The summed E-state index contributed by atoms with van der Waals surface area (Å²) in [4.78, 5) is 40.5. The number of aromatic hydroxyl groups is 1. The molecule has 0 aliphatic heterocycles. The summed E-state index contributed by atoms with van der Waals surface area (Å²) in [7, 11) is 1.61. The number of methoxy groups -OCH3 is 1. The maximum atomic E-state index is 14.2. The predicted octanol–water partition coefficient (Wildman–Crippen LogP) is 5.14. The number of rotatable bonds is 6. The molecule has 0 heterocycles. The maximum absolute atomic E-state index is 14.2. The van der Waals surface area contributed by atoms with Crippen molar-refractivity contribution in [3.63, 3.8) is 0 Å². The molecule has 0 saturated heterocycles. The Bertz CT molecular complexity index is 1580. The van der Waals surface area contributed by atoms with E-state index in [1.165, 1.54) is 6.07 Å². The number of hydrogen-bond acceptors (Lipinski definition) is 8. The van der Waals surface area contributed by atoms with Gasteiger partial charge in [0.15, 0.2) is 17.2 Å². The van der Waals surface area contributed by atoms with Crippen molar-refractivity contribution >= 4 is 17.3 Å². The molecule has 3 aliphatic rings. The first kappa shape index (κ1) is 29.6. The predicted molar refractivity (Wildman–Crippen MR) is 156 cm³/mol. The summed E-state index contributed by atoms with van der Waals surface area (Å²) in [6, 6.07) is 11.0. The number of fused-ring (bicyclic) bond motifs is 3. The molecule has 42 heavy (non-hydrogen) atoms. The van der Waals surface area contributed by atoms with Crippen LogP contribution in [0, 0.1) is 22.7 Å². The van der Waals surface area contributed by atoms with Crippen molar-refractivity contribution in [3.8, 4) is 11.5 Å². The van der Waals surface area contributed by atoms with Crippen molar-refractivity contribution in [3.05, 3.63) is 81.3 Å². The number of aliphatic hydroxyl groups is 3. The largest absolute Gasteiger partial charge is 0.511 e. The number of aliphatic hydroxyl groups excluding tert-OH is 2. The molecule has 0 saturated carbocycles. The van der Waals surface area contributed by atoms with Gasteiger partial charge in [-0.2, -0.15) is 0 Å². The van der Waals surface area contributed by atoms with Gasteiger partial charge in [-0.1, -0.05) is 45.9 Å². The molecule has 8 heteroatoms. The summed E-state index contributed by atoms with van der Waals surface area (Å²) in [6.07, 6.45) is 1.59. The van der Waals surface area contributed by atoms with Crippen molar-refractivity contribution in [1.29, 1.82) is 0 Å². The van der Waals surface area contributed by atoms with Gasteiger partial charge in [0.1, 0.15) is 28.6 Å². The average molecular weight is 575 g/mol. The number of Topliss-reactive ketones (excluding diaryl/α,β-unsaturated/α-hetero) is 3. The number of ketones is 3. The van der Waals surface area contributed by atoms with Crippen molar-refractivity contribution in [2.45, 2.75) is 65.9 Å². The molecule has 2 aromatic rings. The molecule has 0 spiro atoms. The average Bonchev–Trinajstić information content (AvgIpc) is 2.90. The molecule has 2 aromatic carbocycles. The van der Waals surface area contributed by atoms with Crippen LogP contribution < -0.4 is 4.74 Å². The lowest BCUT2D eigenvalue weighted by atomic mass is 9.44. The number of allylic oxidation sites excluding steroid dienone is 2. The highest BCUT2D eigenvalue weighted by molar-refractivity contribution is 6.25. The molecule has 0 radical (unpaired) electrons. The van der Waals surface area contributed by atoms with Crippen molar-refractivity contribution < 1.29 is 39.5 Å². The number of carbonyl (C=O) groups is 3. The number of ether oxygens (including phenoxy) is 1. The second-order valence-corrected chi connectivity index (χ2v) is 12.9. The Morgan fingerprint density at radius 2 is 1.67 bits per heavy atom. The van der Waals surface area contributed by atoms with Crippen LogP contribution >= 0.6 is 0 Å². The molecule has 3 aliphatic carbocycles. The zero-order valence-corrected chi connectivity index (χ0v) is 24.9. The fraction of sp³-hybridized carbons (Fsp3) is 0.441. The van der Waals surface area contributed by atoms with Gasteiger partial charge >= 0.3 is 0 Å². The minimum atomic E-state index is -2.61. The zero-order chi connectivity index (χ0) is 30.9. The van der Waals surface area contributed by atoms with Crippen molar-refractivity contribution in [2.75, 3.05) is 7.11 Å². The summed E-state index contributed by atoms with van der Waals surface area (Å²) in [5.41, 5.74) is -3.15. The molecule has 0 fully saturated rings. The van der Waals surface area contributed by atoms with E-state index in [0.29, 0.717) is 18.4 Å². The second-order valence-electron chi connectivity index (χ2n) is 12.9. The highest BCUT2D eigenvalue weighted by Gasteiger charge is 2.71. The molecule has 8 nitrogen and oxygen atoms in total. The van der Waals surface area contributed by atoms with Crippen LogP contribution in [0.2, 0.25) is 0 Å². The molecule has 0 amide bonds. The number of aryl methyl sites for hydroxylation is 2. The fourth-order valence-corrected chi connectivity index (χ4v) is 8.10. The van der Waals surface area contributed by atoms with E-state index in [-0.39, 0.29) is 35.6 Å². The summed E-state index contributed by atoms with van der Waals surface area (Å²) >= 11 is 0. The highest BCUT2D eigenvalue weighted by atomic mass is 16.5. The third kappa shape index (κ3) is 3.95. The van der Waals surface area contributed by atoms with E-state index < -0.39 is 56.8 Å². The first-order valence-electron chi connectivity index (χ1n) is 14.3. The number of benzene rings is 2. The van der Waals surface area contributed by atoms with E-state index in [0.717, 1.165) is 23.8 Å². The molecule has 4 atom stereocenters. The molecule has 0 bridgehead atoms. The van der Waals surface area contributed by atoms with Gasteiger partial charge in [0.25, 0.3) is 0 Å². The van der Waals surface area contributed by atoms with Gasteiger partial charge in [-0.25, -0.2) is 0 Å². The van der Waals surface area contributed by atoms with Crippen LogP contribution in [0.3, 0.4) is 0 Å². The maximum Gasteiger partial charge on any atom is 0.209 e. The lowest BCUT2D eigenvalue weighted by Gasteiger charge is -2.59. The number of phenolic OH excluding ortho intramolecular Hbond substituents is 1. The number of hydrogen-bond donors (Lipinski definition) is 4. The standard InChI is InChI=1S/C34H38O8/c1-17(2)26-28(37)24(18(3)35)30(39)34(41)31(40)27-29(38)25-22(15-32(27,4)16-33(26,34)5)20(11-14-23(25)36)10-7-19-8-12-21(42-6)13-9-19/h8-9,11-14,17,26,36-37,40-41H,7,10,15-16H2,1-6H3/t26?,32-,33-,34+/m1/s1. The van der Waals surface area contributed by atoms with E-state index in [4.69, 9.17) is 4.74 Å². The van der Waals surface area contributed by atoms with E-state index in [1.54, 1.807) is 20.1 Å². The van der Waals surface area contributed by atoms with Crippen LogP contribution in [-0.2, 0) is 28.9 Å². The van der Waals surface area contributed by atoms with E-state index >= 15 is 0 Å². The summed E-state index contributed by atoms with van der Waals surface area (Å²) < 4.78 is 5.24. The fourth-order valence-electron chi connectivity index (χ4n) is 8.10. The van der Waals surface area contributed by atoms with Gasteiger partial charge in [0.05, 0.1) is 12.7 Å². The lowest BCUT2D eigenvalue weighted by Crippen LogP contribution is -2.67. The van der Waals surface area contributed by atoms with Crippen molar-refractivity contribution in [1.82, 2.24) is 0 Å². The van der Waals surface area contributed by atoms with Gasteiger partial charge in [-0.3, -0.25) is 14.4 Å². The second kappa shape index (κ2) is 9.83. The van der Waals surface area contributed by atoms with Gasteiger partial charge in [0, 0.05) is 22.3 Å². The minimum Gasteiger partial charge on any atom is -0.511 e. The Balaban J connectivity index is 1.66. The monoisotopic (exact) mass is 574 g/mol. The van der Waals surface area contributed by atoms with Gasteiger partial charge in [-0.05, 0) is 73.4 Å². The summed E-state index contributed by atoms with van der Waals surface area (Å²) in [5.74, 6) is -4.38. The van der Waals surface area contributed by atoms with E-state index in [9.17, 15) is 34.8 Å². The van der Waals surface area contributed by atoms with E-state index in [2.05, 4.69) is 0 Å². The third-order valence-corrected chi connectivity index (χ3v) is 9.83. The molecule has 0 aromatic heterocycles. The Morgan fingerprint density at radius 1 is 1.02 bits per heavy atom. The van der Waals surface area contributed by atoms with Gasteiger partial charge < -0.3 is 25.2 Å². The third-order valence-electron chi connectivity index (χ3n) is 9.83. The minimum absolute atomic E-state index is 0.0438. The molecule has 222 valence electrons. The smallest absolute Gasteiger partial charge is 0.209 e. The Hall–Kier alpha value is -3.91. The van der Waals surface area contributed by atoms with Gasteiger partial charge in [-0.15, -0.1) is 0 Å². The molecule has 1 unspecified atom stereocenters. The zero-order valence-electron chi connectivity index (χ0n) is 24.9. The molecule has 4 N–H and O–H groups in total. The highest BCUT2D eigenvalue weighted by Crippen LogP contribution is 2.65. The summed E-state index contributed by atoms with van der Waals surface area (Å²) in [5, 5.41) is 46.0. The molecule has 5 rings (SSSR count). The molecular formula is C34H38O8.